The van der Waals surface area contributed by atoms with Crippen molar-refractivity contribution in [2.45, 2.75) is 26.4 Å². The van der Waals surface area contributed by atoms with Crippen LogP contribution in [0.1, 0.15) is 18.1 Å². The van der Waals surface area contributed by atoms with Crippen LogP contribution in [0, 0.1) is 6.92 Å². The number of hydrogen-bond acceptors (Lipinski definition) is 2. The lowest BCUT2D eigenvalue weighted by molar-refractivity contribution is -0.908. The third-order valence-electron chi connectivity index (χ3n) is 4.57. The fourth-order valence-electron chi connectivity index (χ4n) is 2.79. The molecule has 2 amide bonds. The van der Waals surface area contributed by atoms with Gasteiger partial charge in [0, 0.05) is 23.3 Å². The molecule has 0 saturated heterocycles. The van der Waals surface area contributed by atoms with Gasteiger partial charge in [-0.1, -0.05) is 41.4 Å². The summed E-state index contributed by atoms with van der Waals surface area (Å²) < 4.78 is 0. The van der Waals surface area contributed by atoms with E-state index in [0.717, 1.165) is 21.7 Å². The molecule has 2 aromatic rings. The van der Waals surface area contributed by atoms with Crippen LogP contribution < -0.4 is 10.2 Å². The number of aryl methyl sites for hydroxylation is 1. The molecule has 0 saturated carbocycles. The molecule has 2 aromatic carbocycles. The van der Waals surface area contributed by atoms with Crippen LogP contribution in [0.2, 0.25) is 5.02 Å². The van der Waals surface area contributed by atoms with E-state index in [1.807, 2.05) is 69.4 Å². The van der Waals surface area contributed by atoms with E-state index in [0.29, 0.717) is 11.6 Å². The van der Waals surface area contributed by atoms with Crippen LogP contribution in [-0.2, 0) is 16.1 Å². The monoisotopic (exact) mass is 388 g/mol. The second-order valence-electron chi connectivity index (χ2n) is 6.98. The minimum absolute atomic E-state index is 0.0154. The number of nitrogens with zero attached hydrogens (tertiary/aromatic N) is 1. The van der Waals surface area contributed by atoms with Crippen LogP contribution >= 0.6 is 11.6 Å². The van der Waals surface area contributed by atoms with Gasteiger partial charge in [0.1, 0.15) is 6.54 Å². The highest BCUT2D eigenvalue weighted by Crippen LogP contribution is 2.10. The Morgan fingerprint density at radius 2 is 1.85 bits per heavy atom. The zero-order chi connectivity index (χ0) is 20.0. The first-order valence-electron chi connectivity index (χ1n) is 8.94. The molecule has 2 atom stereocenters. The van der Waals surface area contributed by atoms with E-state index >= 15 is 0 Å². The summed E-state index contributed by atoms with van der Waals surface area (Å²) in [7, 11) is 3.61. The fourth-order valence-corrected chi connectivity index (χ4v) is 3.01. The smallest absolute Gasteiger partial charge is 0.280 e. The molecule has 0 fully saturated rings. The van der Waals surface area contributed by atoms with Crippen molar-refractivity contribution in [3.63, 3.8) is 0 Å². The van der Waals surface area contributed by atoms with E-state index in [2.05, 4.69) is 5.32 Å². The normalized spacial score (nSPS) is 12.9. The molecule has 5 nitrogen and oxygen atoms in total. The average Bonchev–Trinajstić information content (AvgIpc) is 2.62. The number of rotatable bonds is 7. The van der Waals surface area contributed by atoms with E-state index in [1.54, 1.807) is 7.05 Å². The molecule has 27 heavy (non-hydrogen) atoms. The standard InChI is InChI=1S/C21H26ClN3O2/c1-15-8-10-19(11-9-15)23-20(26)14-25(4)21(27)16(2)24(3)13-17-6-5-7-18(22)12-17/h5-12,16H,13-14H2,1-4H3,(H,23,26)/p+1/t16-/m0/s1. The molecule has 144 valence electrons. The maximum Gasteiger partial charge on any atom is 0.280 e. The second-order valence-corrected chi connectivity index (χ2v) is 7.42. The van der Waals surface area contributed by atoms with Gasteiger partial charge in [0.15, 0.2) is 6.04 Å². The summed E-state index contributed by atoms with van der Waals surface area (Å²) in [6.45, 7) is 4.55. The Labute approximate surface area is 165 Å². The summed E-state index contributed by atoms with van der Waals surface area (Å²) in [5.74, 6) is -0.289. The van der Waals surface area contributed by atoms with Crippen molar-refractivity contribution in [1.82, 2.24) is 4.90 Å². The molecule has 0 aliphatic heterocycles. The number of hydrogen-bond donors (Lipinski definition) is 2. The summed E-state index contributed by atoms with van der Waals surface area (Å²) in [5, 5.41) is 3.50. The molecule has 2 rings (SSSR count). The molecule has 0 aromatic heterocycles. The summed E-state index contributed by atoms with van der Waals surface area (Å²) in [4.78, 5) is 27.4. The van der Waals surface area contributed by atoms with Crippen molar-refractivity contribution in [2.75, 3.05) is 26.0 Å². The predicted molar refractivity (Wildman–Crippen MR) is 109 cm³/mol. The second kappa shape index (κ2) is 9.53. The van der Waals surface area contributed by atoms with Gasteiger partial charge in [-0.25, -0.2) is 0 Å². The van der Waals surface area contributed by atoms with Crippen LogP contribution in [0.25, 0.3) is 0 Å². The maximum atomic E-state index is 12.7. The van der Waals surface area contributed by atoms with Crippen LogP contribution in [-0.4, -0.2) is 43.4 Å². The number of quaternary nitrogens is 1. The van der Waals surface area contributed by atoms with Gasteiger partial charge in [0.2, 0.25) is 5.91 Å². The van der Waals surface area contributed by atoms with Crippen molar-refractivity contribution >= 4 is 29.1 Å². The number of likely N-dealkylation sites (N-methyl/N-ethyl adjacent to an activating group) is 2. The van der Waals surface area contributed by atoms with Crippen molar-refractivity contribution < 1.29 is 14.5 Å². The summed E-state index contributed by atoms with van der Waals surface area (Å²) in [6, 6.07) is 14.9. The van der Waals surface area contributed by atoms with E-state index in [4.69, 9.17) is 11.6 Å². The Morgan fingerprint density at radius 3 is 2.48 bits per heavy atom. The van der Waals surface area contributed by atoms with Gasteiger partial charge in [-0.15, -0.1) is 0 Å². The zero-order valence-electron chi connectivity index (χ0n) is 16.3. The molecule has 0 bridgehead atoms. The van der Waals surface area contributed by atoms with Gasteiger partial charge in [-0.3, -0.25) is 9.59 Å². The molecule has 6 heteroatoms. The van der Waals surface area contributed by atoms with E-state index < -0.39 is 0 Å². The average molecular weight is 389 g/mol. The number of halogens is 1. The molecule has 0 aliphatic carbocycles. The first-order chi connectivity index (χ1) is 12.8. The largest absolute Gasteiger partial charge is 0.331 e. The molecule has 0 spiro atoms. The number of amides is 2. The SMILES string of the molecule is Cc1ccc(NC(=O)CN(C)C(=O)[C@H](C)[NH+](C)Cc2cccc(Cl)c2)cc1. The van der Waals surface area contributed by atoms with Crippen LogP contribution in [0.3, 0.4) is 0 Å². The van der Waals surface area contributed by atoms with Crippen LogP contribution in [0.4, 0.5) is 5.69 Å². The Morgan fingerprint density at radius 1 is 1.19 bits per heavy atom. The first kappa shape index (κ1) is 20.9. The number of nitrogens with one attached hydrogen (secondary N) is 2. The highest BCUT2D eigenvalue weighted by molar-refractivity contribution is 6.30. The minimum Gasteiger partial charge on any atom is -0.331 e. The van der Waals surface area contributed by atoms with Crippen LogP contribution in [0.15, 0.2) is 48.5 Å². The third kappa shape index (κ3) is 6.38. The predicted octanol–water partition coefficient (Wildman–Crippen LogP) is 2.15. The van der Waals surface area contributed by atoms with Gasteiger partial charge in [-0.2, -0.15) is 0 Å². The lowest BCUT2D eigenvalue weighted by Crippen LogP contribution is -3.12. The highest BCUT2D eigenvalue weighted by atomic mass is 35.5. The molecule has 1 unspecified atom stereocenters. The minimum atomic E-state index is -0.277. The van der Waals surface area contributed by atoms with Gasteiger partial charge in [-0.05, 0) is 38.1 Å². The lowest BCUT2D eigenvalue weighted by atomic mass is 10.2. The Bertz CT molecular complexity index is 792. The van der Waals surface area contributed by atoms with Crippen molar-refractivity contribution in [1.29, 1.82) is 0 Å². The van der Waals surface area contributed by atoms with Crippen molar-refractivity contribution in [2.24, 2.45) is 0 Å². The van der Waals surface area contributed by atoms with E-state index in [-0.39, 0.29) is 24.4 Å². The summed E-state index contributed by atoms with van der Waals surface area (Å²) in [6.07, 6.45) is 0. The molecule has 0 heterocycles. The molecule has 2 N–H and O–H groups in total. The zero-order valence-corrected chi connectivity index (χ0v) is 17.0. The van der Waals surface area contributed by atoms with Gasteiger partial charge < -0.3 is 15.1 Å². The Kier molecular flexibility index (Phi) is 7.39. The van der Waals surface area contributed by atoms with Crippen molar-refractivity contribution in [3.8, 4) is 0 Å². The number of carbonyl (C=O) groups excluding carboxylic acids is 2. The highest BCUT2D eigenvalue weighted by Gasteiger charge is 2.26. The topological polar surface area (TPSA) is 53.9 Å². The first-order valence-corrected chi connectivity index (χ1v) is 9.32. The molecular weight excluding hydrogens is 362 g/mol. The number of carbonyl (C=O) groups is 2. The Hall–Kier alpha value is -2.37. The molecule has 0 aliphatic rings. The fraction of sp³-hybridized carbons (Fsp3) is 0.333. The van der Waals surface area contributed by atoms with Gasteiger partial charge >= 0.3 is 0 Å². The lowest BCUT2D eigenvalue weighted by Gasteiger charge is -2.25. The molecule has 0 radical (unpaired) electrons. The Balaban J connectivity index is 1.88. The van der Waals surface area contributed by atoms with E-state index in [1.165, 1.54) is 4.90 Å². The van der Waals surface area contributed by atoms with Crippen LogP contribution in [0.5, 0.6) is 0 Å². The van der Waals surface area contributed by atoms with Crippen molar-refractivity contribution in [3.05, 3.63) is 64.7 Å². The van der Waals surface area contributed by atoms with E-state index in [9.17, 15) is 9.59 Å². The molecular formula is C21H27ClN3O2+. The summed E-state index contributed by atoms with van der Waals surface area (Å²) >= 11 is 6.02. The van der Waals surface area contributed by atoms with Gasteiger partial charge in [0.25, 0.3) is 5.91 Å². The quantitative estimate of drug-likeness (QED) is 0.763. The summed E-state index contributed by atoms with van der Waals surface area (Å²) in [5.41, 5.74) is 2.92. The third-order valence-corrected chi connectivity index (χ3v) is 4.81. The van der Waals surface area contributed by atoms with Gasteiger partial charge in [0.05, 0.1) is 13.6 Å². The maximum absolute atomic E-state index is 12.7. The number of anilines is 1. The number of benzene rings is 2.